The molecule has 0 aliphatic carbocycles. The lowest BCUT2D eigenvalue weighted by atomic mass is 10.2. The van der Waals surface area contributed by atoms with E-state index in [1.807, 2.05) is 24.3 Å². The summed E-state index contributed by atoms with van der Waals surface area (Å²) in [6.45, 7) is 2.39. The molecular formula is C19H19FN4O2. The zero-order chi connectivity index (χ0) is 18.5. The number of fused-ring (bicyclic) bond motifs is 1. The van der Waals surface area contributed by atoms with Gasteiger partial charge < -0.3 is 10.2 Å². The van der Waals surface area contributed by atoms with Crippen LogP contribution in [0.4, 0.5) is 4.39 Å². The zero-order valence-corrected chi connectivity index (χ0v) is 14.3. The topological polar surface area (TPSA) is 78.1 Å². The smallest absolute Gasteiger partial charge is 0.275 e. The van der Waals surface area contributed by atoms with Gasteiger partial charge in [-0.25, -0.2) is 4.39 Å². The van der Waals surface area contributed by atoms with Crippen molar-refractivity contribution >= 4 is 22.7 Å². The third kappa shape index (κ3) is 3.88. The molecule has 0 radical (unpaired) electrons. The Bertz CT molecular complexity index is 921. The van der Waals surface area contributed by atoms with Gasteiger partial charge in [0.25, 0.3) is 5.91 Å². The van der Waals surface area contributed by atoms with Gasteiger partial charge in [0, 0.05) is 18.5 Å². The second-order valence-electron chi connectivity index (χ2n) is 5.84. The number of H-pyrrole nitrogens is 1. The standard InChI is InChI=1S/C19H19FN4O2/c1-2-24(12-17(25)21-11-13-7-9-14(20)10-8-13)19(26)18-15-5-3-4-6-16(15)22-23-18/h3-10H,2,11-12H2,1H3,(H,21,25)(H,22,23). The molecule has 0 atom stereocenters. The van der Waals surface area contributed by atoms with Gasteiger partial charge in [-0.1, -0.05) is 30.3 Å². The predicted molar refractivity (Wildman–Crippen MR) is 95.9 cm³/mol. The van der Waals surface area contributed by atoms with Crippen LogP contribution in [-0.4, -0.2) is 40.0 Å². The molecule has 0 fully saturated rings. The number of nitrogens with one attached hydrogen (secondary N) is 2. The van der Waals surface area contributed by atoms with Gasteiger partial charge in [0.1, 0.15) is 5.82 Å². The molecule has 26 heavy (non-hydrogen) atoms. The molecule has 3 rings (SSSR count). The number of halogens is 1. The highest BCUT2D eigenvalue weighted by molar-refractivity contribution is 6.05. The highest BCUT2D eigenvalue weighted by Crippen LogP contribution is 2.16. The van der Waals surface area contributed by atoms with Gasteiger partial charge >= 0.3 is 0 Å². The van der Waals surface area contributed by atoms with E-state index in [0.29, 0.717) is 12.2 Å². The monoisotopic (exact) mass is 354 g/mol. The molecule has 6 nitrogen and oxygen atoms in total. The number of carbonyl (C=O) groups excluding carboxylic acids is 2. The van der Waals surface area contributed by atoms with E-state index < -0.39 is 0 Å². The first-order chi connectivity index (χ1) is 12.6. The summed E-state index contributed by atoms with van der Waals surface area (Å²) in [4.78, 5) is 26.3. The van der Waals surface area contributed by atoms with Crippen LogP contribution in [-0.2, 0) is 11.3 Å². The molecule has 0 unspecified atom stereocenters. The number of benzene rings is 2. The Hall–Kier alpha value is -3.22. The normalized spacial score (nSPS) is 10.7. The zero-order valence-electron chi connectivity index (χ0n) is 14.3. The summed E-state index contributed by atoms with van der Waals surface area (Å²) in [6.07, 6.45) is 0. The van der Waals surface area contributed by atoms with E-state index in [-0.39, 0.29) is 30.7 Å². The number of para-hydroxylation sites is 1. The molecule has 0 saturated heterocycles. The summed E-state index contributed by atoms with van der Waals surface area (Å²) >= 11 is 0. The third-order valence-electron chi connectivity index (χ3n) is 4.08. The molecule has 134 valence electrons. The molecule has 0 aliphatic heterocycles. The van der Waals surface area contributed by atoms with E-state index in [4.69, 9.17) is 0 Å². The van der Waals surface area contributed by atoms with Crippen molar-refractivity contribution in [3.05, 3.63) is 65.6 Å². The number of hydrogen-bond donors (Lipinski definition) is 2. The fourth-order valence-electron chi connectivity index (χ4n) is 2.64. The molecule has 2 N–H and O–H groups in total. The van der Waals surface area contributed by atoms with Crippen LogP contribution in [0.3, 0.4) is 0 Å². The van der Waals surface area contributed by atoms with E-state index in [1.165, 1.54) is 17.0 Å². The number of amides is 2. The van der Waals surface area contributed by atoms with Crippen molar-refractivity contribution in [2.45, 2.75) is 13.5 Å². The van der Waals surface area contributed by atoms with Gasteiger partial charge in [0.2, 0.25) is 5.91 Å². The van der Waals surface area contributed by atoms with Crippen molar-refractivity contribution in [2.24, 2.45) is 0 Å². The Labute approximate surface area is 150 Å². The summed E-state index contributed by atoms with van der Waals surface area (Å²) in [5.74, 6) is -0.916. The van der Waals surface area contributed by atoms with Gasteiger partial charge in [-0.2, -0.15) is 5.10 Å². The van der Waals surface area contributed by atoms with Crippen LogP contribution in [0.1, 0.15) is 23.0 Å². The first kappa shape index (κ1) is 17.6. The third-order valence-corrected chi connectivity index (χ3v) is 4.08. The van der Waals surface area contributed by atoms with Crippen LogP contribution in [0, 0.1) is 5.82 Å². The van der Waals surface area contributed by atoms with E-state index >= 15 is 0 Å². The molecule has 2 amide bonds. The summed E-state index contributed by atoms with van der Waals surface area (Å²) < 4.78 is 12.9. The van der Waals surface area contributed by atoms with Crippen molar-refractivity contribution in [1.29, 1.82) is 0 Å². The van der Waals surface area contributed by atoms with Gasteiger partial charge in [-0.3, -0.25) is 14.7 Å². The van der Waals surface area contributed by atoms with Gasteiger partial charge in [-0.15, -0.1) is 0 Å². The minimum atomic E-state index is -0.325. The minimum absolute atomic E-state index is 0.0717. The molecule has 2 aromatic carbocycles. The van der Waals surface area contributed by atoms with E-state index in [0.717, 1.165) is 16.5 Å². The lowest BCUT2D eigenvalue weighted by Gasteiger charge is -2.19. The van der Waals surface area contributed by atoms with E-state index in [1.54, 1.807) is 19.1 Å². The molecule has 0 bridgehead atoms. The highest BCUT2D eigenvalue weighted by atomic mass is 19.1. The maximum absolute atomic E-state index is 12.9. The fourth-order valence-corrected chi connectivity index (χ4v) is 2.64. The second-order valence-corrected chi connectivity index (χ2v) is 5.84. The molecular weight excluding hydrogens is 335 g/mol. The largest absolute Gasteiger partial charge is 0.350 e. The van der Waals surface area contributed by atoms with Crippen molar-refractivity contribution in [1.82, 2.24) is 20.4 Å². The first-order valence-corrected chi connectivity index (χ1v) is 8.32. The quantitative estimate of drug-likeness (QED) is 0.714. The predicted octanol–water partition coefficient (Wildman–Crippen LogP) is 2.48. The molecule has 3 aromatic rings. The molecule has 0 aliphatic rings. The fraction of sp³-hybridized carbons (Fsp3) is 0.211. The number of nitrogens with zero attached hydrogens (tertiary/aromatic N) is 2. The second kappa shape index (κ2) is 7.77. The Kier molecular flexibility index (Phi) is 5.26. The average Bonchev–Trinajstić information content (AvgIpc) is 3.09. The summed E-state index contributed by atoms with van der Waals surface area (Å²) in [5, 5.41) is 10.4. The number of aromatic amines is 1. The first-order valence-electron chi connectivity index (χ1n) is 8.32. The maximum Gasteiger partial charge on any atom is 0.275 e. The van der Waals surface area contributed by atoms with Crippen molar-refractivity contribution in [2.75, 3.05) is 13.1 Å². The molecule has 7 heteroatoms. The van der Waals surface area contributed by atoms with Crippen LogP contribution in [0.2, 0.25) is 0 Å². The summed E-state index contributed by atoms with van der Waals surface area (Å²) in [7, 11) is 0. The molecule has 1 aromatic heterocycles. The number of carbonyl (C=O) groups is 2. The lowest BCUT2D eigenvalue weighted by Crippen LogP contribution is -2.40. The Morgan fingerprint density at radius 1 is 1.15 bits per heavy atom. The van der Waals surface area contributed by atoms with Gasteiger partial charge in [0.05, 0.1) is 12.1 Å². The Balaban J connectivity index is 1.63. The minimum Gasteiger partial charge on any atom is -0.350 e. The van der Waals surface area contributed by atoms with Crippen LogP contribution < -0.4 is 5.32 Å². The SMILES string of the molecule is CCN(CC(=O)NCc1ccc(F)cc1)C(=O)c1n[nH]c2ccccc12. The molecule has 0 saturated carbocycles. The number of likely N-dealkylation sites (N-methyl/N-ethyl adjacent to an activating group) is 1. The van der Waals surface area contributed by atoms with Crippen LogP contribution in [0.15, 0.2) is 48.5 Å². The highest BCUT2D eigenvalue weighted by Gasteiger charge is 2.21. The summed E-state index contributed by atoms with van der Waals surface area (Å²) in [5.41, 5.74) is 1.86. The average molecular weight is 354 g/mol. The number of hydrogen-bond acceptors (Lipinski definition) is 3. The van der Waals surface area contributed by atoms with Crippen molar-refractivity contribution < 1.29 is 14.0 Å². The number of rotatable bonds is 6. The lowest BCUT2D eigenvalue weighted by molar-refractivity contribution is -0.121. The van der Waals surface area contributed by atoms with Crippen LogP contribution in [0.25, 0.3) is 10.9 Å². The van der Waals surface area contributed by atoms with Gasteiger partial charge in [0.15, 0.2) is 5.69 Å². The van der Waals surface area contributed by atoms with Crippen molar-refractivity contribution in [3.63, 3.8) is 0 Å². The number of aromatic nitrogens is 2. The molecule has 0 spiro atoms. The summed E-state index contributed by atoms with van der Waals surface area (Å²) in [6, 6.07) is 13.2. The van der Waals surface area contributed by atoms with Gasteiger partial charge in [-0.05, 0) is 30.7 Å². The van der Waals surface area contributed by atoms with Crippen LogP contribution >= 0.6 is 0 Å². The molecule has 1 heterocycles. The maximum atomic E-state index is 12.9. The van der Waals surface area contributed by atoms with E-state index in [9.17, 15) is 14.0 Å². The Morgan fingerprint density at radius 2 is 1.88 bits per heavy atom. The van der Waals surface area contributed by atoms with Crippen LogP contribution in [0.5, 0.6) is 0 Å². The van der Waals surface area contributed by atoms with E-state index in [2.05, 4.69) is 15.5 Å². The Morgan fingerprint density at radius 3 is 2.62 bits per heavy atom. The van der Waals surface area contributed by atoms with Crippen molar-refractivity contribution in [3.8, 4) is 0 Å².